The molecule has 18 heavy (non-hydrogen) atoms. The zero-order valence-corrected chi connectivity index (χ0v) is 12.8. The predicted octanol–water partition coefficient (Wildman–Crippen LogP) is 1.64. The second-order valence-electron chi connectivity index (χ2n) is 6.23. The third kappa shape index (κ3) is 5.25. The molecule has 1 aliphatic rings. The summed E-state index contributed by atoms with van der Waals surface area (Å²) in [5, 5.41) is 3.41. The number of nitrogens with zero attached hydrogens (tertiary/aromatic N) is 3. The molecule has 0 bridgehead atoms. The molecule has 1 fully saturated rings. The fourth-order valence-electron chi connectivity index (χ4n) is 2.29. The summed E-state index contributed by atoms with van der Waals surface area (Å²) in [7, 11) is 4.22. The van der Waals surface area contributed by atoms with Crippen molar-refractivity contribution in [3.63, 3.8) is 0 Å². The zero-order chi connectivity index (χ0) is 13.6. The SMILES string of the molecule is CCNC(=NCCCN(C)C)N1CCC(C)(C)C1. The maximum absolute atomic E-state index is 4.74. The first-order chi connectivity index (χ1) is 8.44. The van der Waals surface area contributed by atoms with Gasteiger partial charge in [-0.3, -0.25) is 4.99 Å². The van der Waals surface area contributed by atoms with Gasteiger partial charge in [-0.2, -0.15) is 0 Å². The molecule has 0 atom stereocenters. The molecule has 0 saturated carbocycles. The predicted molar refractivity (Wildman–Crippen MR) is 79.1 cm³/mol. The van der Waals surface area contributed by atoms with Crippen LogP contribution < -0.4 is 5.32 Å². The molecule has 0 amide bonds. The van der Waals surface area contributed by atoms with Gasteiger partial charge in [0.1, 0.15) is 0 Å². The quantitative estimate of drug-likeness (QED) is 0.460. The molecule has 1 aliphatic heterocycles. The Balaban J connectivity index is 2.46. The van der Waals surface area contributed by atoms with E-state index in [0.29, 0.717) is 5.41 Å². The molecule has 0 spiro atoms. The van der Waals surface area contributed by atoms with Crippen molar-refractivity contribution in [3.8, 4) is 0 Å². The van der Waals surface area contributed by atoms with Gasteiger partial charge in [0.15, 0.2) is 5.96 Å². The molecule has 0 aromatic heterocycles. The lowest BCUT2D eigenvalue weighted by molar-refractivity contribution is 0.369. The Kier molecular flexibility index (Phi) is 5.93. The van der Waals surface area contributed by atoms with Crippen LogP contribution in [0.5, 0.6) is 0 Å². The number of aliphatic imine (C=N–C) groups is 1. The Labute approximate surface area is 112 Å². The standard InChI is InChI=1S/C14H30N4/c1-6-15-13(16-9-7-10-17(4)5)18-11-8-14(2,3)12-18/h6-12H2,1-5H3,(H,15,16). The monoisotopic (exact) mass is 254 g/mol. The van der Waals surface area contributed by atoms with Crippen LogP contribution in [0.2, 0.25) is 0 Å². The van der Waals surface area contributed by atoms with Gasteiger partial charge < -0.3 is 15.1 Å². The molecule has 1 rings (SSSR count). The Morgan fingerprint density at radius 2 is 2.11 bits per heavy atom. The highest BCUT2D eigenvalue weighted by molar-refractivity contribution is 5.80. The van der Waals surface area contributed by atoms with E-state index in [-0.39, 0.29) is 0 Å². The van der Waals surface area contributed by atoms with E-state index in [0.717, 1.165) is 45.1 Å². The molecular weight excluding hydrogens is 224 g/mol. The van der Waals surface area contributed by atoms with E-state index < -0.39 is 0 Å². The van der Waals surface area contributed by atoms with Crippen molar-refractivity contribution in [2.24, 2.45) is 10.4 Å². The molecule has 4 heteroatoms. The van der Waals surface area contributed by atoms with Crippen molar-refractivity contribution in [1.82, 2.24) is 15.1 Å². The van der Waals surface area contributed by atoms with Crippen LogP contribution in [0.25, 0.3) is 0 Å². The van der Waals surface area contributed by atoms with Crippen LogP contribution in [-0.4, -0.2) is 62.6 Å². The van der Waals surface area contributed by atoms with Crippen molar-refractivity contribution in [2.45, 2.75) is 33.6 Å². The summed E-state index contributed by atoms with van der Waals surface area (Å²) in [6.45, 7) is 12.0. The molecule has 1 saturated heterocycles. The minimum absolute atomic E-state index is 0.430. The first-order valence-electron chi connectivity index (χ1n) is 7.12. The summed E-state index contributed by atoms with van der Waals surface area (Å²) >= 11 is 0. The normalized spacial score (nSPS) is 19.7. The average Bonchev–Trinajstić information content (AvgIpc) is 2.63. The second kappa shape index (κ2) is 6.98. The fourth-order valence-corrected chi connectivity index (χ4v) is 2.29. The van der Waals surface area contributed by atoms with Crippen LogP contribution in [0.3, 0.4) is 0 Å². The van der Waals surface area contributed by atoms with E-state index in [1.54, 1.807) is 0 Å². The van der Waals surface area contributed by atoms with Gasteiger partial charge in [-0.05, 0) is 45.8 Å². The minimum atomic E-state index is 0.430. The zero-order valence-electron chi connectivity index (χ0n) is 12.8. The van der Waals surface area contributed by atoms with Gasteiger partial charge in [0, 0.05) is 26.2 Å². The highest BCUT2D eigenvalue weighted by Crippen LogP contribution is 2.28. The lowest BCUT2D eigenvalue weighted by Crippen LogP contribution is -2.40. The summed E-state index contributed by atoms with van der Waals surface area (Å²) in [5.41, 5.74) is 0.430. The molecule has 0 radical (unpaired) electrons. The Bertz CT molecular complexity index is 271. The minimum Gasteiger partial charge on any atom is -0.357 e. The maximum Gasteiger partial charge on any atom is 0.193 e. The summed E-state index contributed by atoms with van der Waals surface area (Å²) in [6, 6.07) is 0. The van der Waals surface area contributed by atoms with Crippen molar-refractivity contribution in [3.05, 3.63) is 0 Å². The van der Waals surface area contributed by atoms with Crippen molar-refractivity contribution < 1.29 is 0 Å². The van der Waals surface area contributed by atoms with Crippen LogP contribution in [0.1, 0.15) is 33.6 Å². The molecule has 0 aromatic carbocycles. The number of hydrogen-bond donors (Lipinski definition) is 1. The van der Waals surface area contributed by atoms with Crippen LogP contribution in [0.4, 0.5) is 0 Å². The Morgan fingerprint density at radius 3 is 2.61 bits per heavy atom. The number of hydrogen-bond acceptors (Lipinski definition) is 2. The van der Waals surface area contributed by atoms with E-state index in [1.165, 1.54) is 6.42 Å². The van der Waals surface area contributed by atoms with Gasteiger partial charge >= 0.3 is 0 Å². The third-order valence-electron chi connectivity index (χ3n) is 3.34. The number of nitrogens with one attached hydrogen (secondary N) is 1. The average molecular weight is 254 g/mol. The first-order valence-corrected chi connectivity index (χ1v) is 7.12. The largest absolute Gasteiger partial charge is 0.357 e. The van der Waals surface area contributed by atoms with E-state index >= 15 is 0 Å². The Hall–Kier alpha value is -0.770. The second-order valence-corrected chi connectivity index (χ2v) is 6.23. The van der Waals surface area contributed by atoms with Crippen LogP contribution >= 0.6 is 0 Å². The Morgan fingerprint density at radius 1 is 1.39 bits per heavy atom. The molecular formula is C14H30N4. The molecule has 1 heterocycles. The van der Waals surface area contributed by atoms with Gasteiger partial charge in [0.05, 0.1) is 0 Å². The lowest BCUT2D eigenvalue weighted by atomic mass is 9.93. The van der Waals surface area contributed by atoms with Gasteiger partial charge in [0.2, 0.25) is 0 Å². The molecule has 1 N–H and O–H groups in total. The fraction of sp³-hybridized carbons (Fsp3) is 0.929. The third-order valence-corrected chi connectivity index (χ3v) is 3.34. The molecule has 0 unspecified atom stereocenters. The number of likely N-dealkylation sites (tertiary alicyclic amines) is 1. The van der Waals surface area contributed by atoms with Crippen molar-refractivity contribution >= 4 is 5.96 Å². The van der Waals surface area contributed by atoms with Gasteiger partial charge in [-0.1, -0.05) is 13.8 Å². The number of guanidine groups is 1. The van der Waals surface area contributed by atoms with E-state index in [4.69, 9.17) is 4.99 Å². The molecule has 0 aromatic rings. The molecule has 0 aliphatic carbocycles. The van der Waals surface area contributed by atoms with Gasteiger partial charge in [0.25, 0.3) is 0 Å². The van der Waals surface area contributed by atoms with Crippen molar-refractivity contribution in [1.29, 1.82) is 0 Å². The first kappa shape index (κ1) is 15.3. The van der Waals surface area contributed by atoms with Crippen molar-refractivity contribution in [2.75, 3.05) is 46.8 Å². The van der Waals surface area contributed by atoms with Gasteiger partial charge in [-0.15, -0.1) is 0 Å². The molecule has 106 valence electrons. The number of rotatable bonds is 5. The summed E-state index contributed by atoms with van der Waals surface area (Å²) in [6.07, 6.45) is 2.38. The van der Waals surface area contributed by atoms with E-state index in [9.17, 15) is 0 Å². The van der Waals surface area contributed by atoms with Crippen LogP contribution in [-0.2, 0) is 0 Å². The van der Waals surface area contributed by atoms with Gasteiger partial charge in [-0.25, -0.2) is 0 Å². The van der Waals surface area contributed by atoms with Crippen LogP contribution in [0, 0.1) is 5.41 Å². The smallest absolute Gasteiger partial charge is 0.193 e. The van der Waals surface area contributed by atoms with E-state index in [2.05, 4.69) is 50.0 Å². The maximum atomic E-state index is 4.74. The summed E-state index contributed by atoms with van der Waals surface area (Å²) in [4.78, 5) is 9.35. The van der Waals surface area contributed by atoms with E-state index in [1.807, 2.05) is 0 Å². The summed E-state index contributed by atoms with van der Waals surface area (Å²) in [5.74, 6) is 1.10. The van der Waals surface area contributed by atoms with Crippen LogP contribution in [0.15, 0.2) is 4.99 Å². The lowest BCUT2D eigenvalue weighted by Gasteiger charge is -2.23. The highest BCUT2D eigenvalue weighted by atomic mass is 15.3. The highest BCUT2D eigenvalue weighted by Gasteiger charge is 2.30. The topological polar surface area (TPSA) is 30.9 Å². The summed E-state index contributed by atoms with van der Waals surface area (Å²) < 4.78 is 0. The molecule has 4 nitrogen and oxygen atoms in total.